The predicted molar refractivity (Wildman–Crippen MR) is 172 cm³/mol. The molecule has 230 valence electrons. The van der Waals surface area contributed by atoms with Crippen LogP contribution in [0.25, 0.3) is 0 Å². The van der Waals surface area contributed by atoms with Crippen LogP contribution >= 0.6 is 0 Å². The standard InChI is InChI=1S/C34H34FN7O3/c1-22-10-8-11-23(20-22)38-34(45)40-31-33(44)42(21-28-25(14-9-17-36-28)32(43)37-18-19-41(2)3)29-16-7-5-13-26(29)30(39-31)24-12-4-6-15-27(24)35/h4-17,20,31H,18-19,21H2,1-3H3,(H,37,43)(H2,38,40,45). The smallest absolute Gasteiger partial charge is 0.321 e. The molecule has 1 aliphatic heterocycles. The van der Waals surface area contributed by atoms with Crippen molar-refractivity contribution in [1.82, 2.24) is 20.5 Å². The van der Waals surface area contributed by atoms with Crippen LogP contribution in [0.15, 0.2) is 96.1 Å². The third-order valence-electron chi connectivity index (χ3n) is 7.17. The van der Waals surface area contributed by atoms with Gasteiger partial charge in [0.15, 0.2) is 0 Å². The topological polar surface area (TPSA) is 119 Å². The average Bonchev–Trinajstić information content (AvgIpc) is 3.12. The normalized spacial score (nSPS) is 14.3. The van der Waals surface area contributed by atoms with Crippen LogP contribution in [0.1, 0.15) is 32.7 Å². The van der Waals surface area contributed by atoms with Crippen LogP contribution in [0.5, 0.6) is 0 Å². The molecule has 3 aromatic carbocycles. The van der Waals surface area contributed by atoms with Crippen molar-refractivity contribution < 1.29 is 18.8 Å². The van der Waals surface area contributed by atoms with E-state index in [4.69, 9.17) is 0 Å². The number of aromatic nitrogens is 1. The zero-order valence-electron chi connectivity index (χ0n) is 25.3. The molecule has 4 amide bonds. The van der Waals surface area contributed by atoms with Crippen molar-refractivity contribution in [2.75, 3.05) is 37.4 Å². The Hall–Kier alpha value is -5.42. The zero-order chi connectivity index (χ0) is 31.9. The number of benzene rings is 3. The first kappa shape index (κ1) is 31.0. The number of hydrogen-bond donors (Lipinski definition) is 3. The number of nitrogens with one attached hydrogen (secondary N) is 3. The van der Waals surface area contributed by atoms with E-state index in [-0.39, 0.29) is 23.7 Å². The Morgan fingerprint density at radius 2 is 1.71 bits per heavy atom. The summed E-state index contributed by atoms with van der Waals surface area (Å²) in [4.78, 5) is 53.1. The van der Waals surface area contributed by atoms with Crippen LogP contribution in [-0.4, -0.2) is 66.8 Å². The lowest BCUT2D eigenvalue weighted by Gasteiger charge is -2.26. The molecule has 0 saturated carbocycles. The van der Waals surface area contributed by atoms with Crippen LogP contribution in [0, 0.1) is 12.7 Å². The highest BCUT2D eigenvalue weighted by Crippen LogP contribution is 2.30. The van der Waals surface area contributed by atoms with Crippen LogP contribution < -0.4 is 20.9 Å². The molecule has 0 saturated heterocycles. The molecule has 0 aliphatic carbocycles. The molecule has 0 spiro atoms. The number of anilines is 2. The van der Waals surface area contributed by atoms with Crippen LogP contribution in [0.4, 0.5) is 20.6 Å². The number of hydrogen-bond acceptors (Lipinski definition) is 6. The molecule has 1 unspecified atom stereocenters. The summed E-state index contributed by atoms with van der Waals surface area (Å²) < 4.78 is 15.2. The minimum Gasteiger partial charge on any atom is -0.351 e. The summed E-state index contributed by atoms with van der Waals surface area (Å²) in [6.45, 7) is 2.86. The molecule has 1 aromatic heterocycles. The molecular weight excluding hydrogens is 573 g/mol. The van der Waals surface area contributed by atoms with Gasteiger partial charge in [-0.15, -0.1) is 0 Å². The number of pyridine rings is 1. The molecule has 1 atom stereocenters. The Morgan fingerprint density at radius 1 is 0.956 bits per heavy atom. The molecule has 0 radical (unpaired) electrons. The number of aliphatic imine (C=N–C) groups is 1. The molecule has 4 aromatic rings. The quantitative estimate of drug-likeness (QED) is 0.262. The Morgan fingerprint density at radius 3 is 2.47 bits per heavy atom. The van der Waals surface area contributed by atoms with Gasteiger partial charge >= 0.3 is 6.03 Å². The van der Waals surface area contributed by atoms with Gasteiger partial charge in [-0.25, -0.2) is 14.2 Å². The number of fused-ring (bicyclic) bond motifs is 1. The van der Waals surface area contributed by atoms with Gasteiger partial charge in [-0.1, -0.05) is 42.5 Å². The monoisotopic (exact) mass is 607 g/mol. The number of carbonyl (C=O) groups is 3. The fourth-order valence-electron chi connectivity index (χ4n) is 4.98. The minimum atomic E-state index is -1.43. The number of benzodiazepines with no additional fused rings is 1. The van der Waals surface area contributed by atoms with Gasteiger partial charge in [-0.05, 0) is 69.0 Å². The molecule has 1 aliphatic rings. The van der Waals surface area contributed by atoms with Crippen molar-refractivity contribution in [1.29, 1.82) is 0 Å². The highest BCUT2D eigenvalue weighted by Gasteiger charge is 2.34. The summed E-state index contributed by atoms with van der Waals surface area (Å²) in [6, 6.07) is 23.0. The highest BCUT2D eigenvalue weighted by atomic mass is 19.1. The van der Waals surface area contributed by atoms with Gasteiger partial charge < -0.3 is 25.8 Å². The molecule has 10 nitrogen and oxygen atoms in total. The summed E-state index contributed by atoms with van der Waals surface area (Å²) in [6.07, 6.45) is 0.116. The zero-order valence-corrected chi connectivity index (χ0v) is 25.3. The number of carbonyl (C=O) groups excluding carboxylic acids is 3. The second-order valence-electron chi connectivity index (χ2n) is 10.8. The van der Waals surface area contributed by atoms with E-state index in [0.29, 0.717) is 41.3 Å². The first-order valence-electron chi connectivity index (χ1n) is 14.5. The molecule has 3 N–H and O–H groups in total. The van der Waals surface area contributed by atoms with Gasteiger partial charge in [0.25, 0.3) is 11.8 Å². The molecule has 0 bridgehead atoms. The molecule has 11 heteroatoms. The van der Waals surface area contributed by atoms with Crippen LogP contribution in [-0.2, 0) is 11.3 Å². The third kappa shape index (κ3) is 7.39. The summed E-state index contributed by atoms with van der Waals surface area (Å²) in [5.41, 5.74) is 3.40. The summed E-state index contributed by atoms with van der Waals surface area (Å²) >= 11 is 0. The minimum absolute atomic E-state index is 0.106. The van der Waals surface area contributed by atoms with Gasteiger partial charge in [-0.3, -0.25) is 14.6 Å². The van der Waals surface area contributed by atoms with E-state index >= 15 is 4.39 Å². The number of aryl methyl sites for hydroxylation is 1. The fourth-order valence-corrected chi connectivity index (χ4v) is 4.98. The average molecular weight is 608 g/mol. The molecule has 2 heterocycles. The van der Waals surface area contributed by atoms with Crippen LogP contribution in [0.2, 0.25) is 0 Å². The van der Waals surface area contributed by atoms with Gasteiger partial charge in [0.2, 0.25) is 6.17 Å². The van der Waals surface area contributed by atoms with E-state index < -0.39 is 23.9 Å². The maximum atomic E-state index is 15.2. The van der Waals surface area contributed by atoms with E-state index in [1.54, 1.807) is 79.0 Å². The SMILES string of the molecule is Cc1cccc(NC(=O)NC2N=C(c3ccccc3F)c3ccccc3N(Cc3ncccc3C(=O)NCCN(C)C)C2=O)c1. The maximum absolute atomic E-state index is 15.2. The Kier molecular flexibility index (Phi) is 9.59. The highest BCUT2D eigenvalue weighted by molar-refractivity contribution is 6.20. The molecule has 0 fully saturated rings. The van der Waals surface area contributed by atoms with E-state index in [1.165, 1.54) is 11.0 Å². The number of rotatable bonds is 9. The van der Waals surface area contributed by atoms with Crippen molar-refractivity contribution in [2.24, 2.45) is 4.99 Å². The van der Waals surface area contributed by atoms with Gasteiger partial charge in [0.05, 0.1) is 29.2 Å². The third-order valence-corrected chi connectivity index (χ3v) is 7.17. The van der Waals surface area contributed by atoms with Gasteiger partial charge in [0.1, 0.15) is 5.82 Å². The van der Waals surface area contributed by atoms with E-state index in [9.17, 15) is 14.4 Å². The molecular formula is C34H34FN7O3. The van der Waals surface area contributed by atoms with Gasteiger partial charge in [-0.2, -0.15) is 0 Å². The lowest BCUT2D eigenvalue weighted by atomic mass is 9.99. The number of nitrogens with zero attached hydrogens (tertiary/aromatic N) is 4. The van der Waals surface area contributed by atoms with E-state index in [0.717, 1.165) is 5.56 Å². The first-order valence-corrected chi connectivity index (χ1v) is 14.5. The largest absolute Gasteiger partial charge is 0.351 e. The van der Waals surface area contributed by atoms with Crippen molar-refractivity contribution in [2.45, 2.75) is 19.6 Å². The number of likely N-dealkylation sites (N-methyl/N-ethyl adjacent to an activating group) is 1. The summed E-state index contributed by atoms with van der Waals surface area (Å²) in [5.74, 6) is -1.44. The second-order valence-corrected chi connectivity index (χ2v) is 10.8. The lowest BCUT2D eigenvalue weighted by molar-refractivity contribution is -0.120. The summed E-state index contributed by atoms with van der Waals surface area (Å²) in [7, 11) is 3.82. The number of halogens is 1. The van der Waals surface area contributed by atoms with Crippen molar-refractivity contribution in [3.05, 3.63) is 125 Å². The van der Waals surface area contributed by atoms with E-state index in [2.05, 4.69) is 25.9 Å². The van der Waals surface area contributed by atoms with Crippen molar-refractivity contribution in [3.63, 3.8) is 0 Å². The maximum Gasteiger partial charge on any atom is 0.321 e. The first-order chi connectivity index (χ1) is 21.7. The number of amides is 4. The Labute approximate surface area is 261 Å². The molecule has 45 heavy (non-hydrogen) atoms. The Balaban J connectivity index is 1.54. The molecule has 5 rings (SSSR count). The number of para-hydroxylation sites is 1. The number of urea groups is 1. The summed E-state index contributed by atoms with van der Waals surface area (Å²) in [5, 5.41) is 8.30. The predicted octanol–water partition coefficient (Wildman–Crippen LogP) is 4.35. The van der Waals surface area contributed by atoms with Crippen molar-refractivity contribution >= 4 is 34.9 Å². The fraction of sp³-hybridized carbons (Fsp3) is 0.206. The Bertz CT molecular complexity index is 1760. The second kappa shape index (κ2) is 13.9. The lowest BCUT2D eigenvalue weighted by Crippen LogP contribution is -2.48. The van der Waals surface area contributed by atoms with Crippen molar-refractivity contribution in [3.8, 4) is 0 Å². The van der Waals surface area contributed by atoms with E-state index in [1.807, 2.05) is 32.0 Å². The van der Waals surface area contributed by atoms with Gasteiger partial charge in [0, 0.05) is 36.1 Å². The van der Waals surface area contributed by atoms with Crippen LogP contribution in [0.3, 0.4) is 0 Å².